The van der Waals surface area contributed by atoms with Gasteiger partial charge in [-0.3, -0.25) is 0 Å². The van der Waals surface area contributed by atoms with Gasteiger partial charge in [0.25, 0.3) is 0 Å². The summed E-state index contributed by atoms with van der Waals surface area (Å²) in [6, 6.07) is 18.4. The lowest BCUT2D eigenvalue weighted by Crippen LogP contribution is -2.37. The fraction of sp³-hybridized carbons (Fsp3) is 0.391. The Kier molecular flexibility index (Phi) is 5.80. The molecule has 3 heteroatoms. The van der Waals surface area contributed by atoms with Crippen LogP contribution in [-0.2, 0) is 21.5 Å². The van der Waals surface area contributed by atoms with E-state index in [-0.39, 0.29) is 23.9 Å². The Balaban J connectivity index is 1.55. The third-order valence-corrected chi connectivity index (χ3v) is 4.53. The summed E-state index contributed by atoms with van der Waals surface area (Å²) in [5, 5.41) is 0. The van der Waals surface area contributed by atoms with Gasteiger partial charge in [-0.15, -0.1) is 0 Å². The molecule has 3 atom stereocenters. The second-order valence-corrected chi connectivity index (χ2v) is 7.75. The molecule has 3 rings (SSSR count). The molecule has 26 heavy (non-hydrogen) atoms. The van der Waals surface area contributed by atoms with Gasteiger partial charge in [0.2, 0.25) is 6.29 Å². The number of hydrogen-bond acceptors (Lipinski definition) is 3. The van der Waals surface area contributed by atoms with E-state index < -0.39 is 0 Å². The lowest BCUT2D eigenvalue weighted by Gasteiger charge is -2.30. The zero-order valence-corrected chi connectivity index (χ0v) is 16.0. The Morgan fingerprint density at radius 2 is 1.62 bits per heavy atom. The predicted octanol–water partition coefficient (Wildman–Crippen LogP) is 5.25. The van der Waals surface area contributed by atoms with E-state index in [2.05, 4.69) is 45.0 Å². The Morgan fingerprint density at radius 1 is 0.923 bits per heavy atom. The van der Waals surface area contributed by atoms with E-state index in [9.17, 15) is 0 Å². The highest BCUT2D eigenvalue weighted by Gasteiger charge is 2.25. The average Bonchev–Trinajstić information content (AvgIpc) is 2.62. The van der Waals surface area contributed by atoms with Crippen LogP contribution in [0.2, 0.25) is 0 Å². The van der Waals surface area contributed by atoms with E-state index in [1.807, 2.05) is 49.4 Å². The van der Waals surface area contributed by atoms with E-state index in [0.717, 1.165) is 11.3 Å². The molecular weight excluding hydrogens is 324 g/mol. The van der Waals surface area contributed by atoms with Crippen molar-refractivity contribution in [1.29, 1.82) is 0 Å². The van der Waals surface area contributed by atoms with Crippen LogP contribution in [0, 0.1) is 0 Å². The molecular formula is C23H28O3. The topological polar surface area (TPSA) is 27.7 Å². The molecule has 0 unspecified atom stereocenters. The summed E-state index contributed by atoms with van der Waals surface area (Å²) >= 11 is 0. The summed E-state index contributed by atoms with van der Waals surface area (Å²) in [5.41, 5.74) is 2.58. The molecule has 2 aromatic carbocycles. The minimum absolute atomic E-state index is 0.0671. The highest BCUT2D eigenvalue weighted by molar-refractivity contribution is 5.31. The molecule has 0 N–H and O–H groups in total. The minimum Gasteiger partial charge on any atom is -0.461 e. The molecule has 138 valence electrons. The van der Waals surface area contributed by atoms with E-state index in [0.29, 0.717) is 6.61 Å². The molecule has 0 fully saturated rings. The van der Waals surface area contributed by atoms with Crippen molar-refractivity contribution < 1.29 is 14.2 Å². The van der Waals surface area contributed by atoms with Crippen molar-refractivity contribution in [3.8, 4) is 5.75 Å². The van der Waals surface area contributed by atoms with Crippen molar-refractivity contribution in [1.82, 2.24) is 0 Å². The third kappa shape index (κ3) is 4.96. The van der Waals surface area contributed by atoms with Gasteiger partial charge in [0.15, 0.2) is 0 Å². The quantitative estimate of drug-likeness (QED) is 0.688. The van der Waals surface area contributed by atoms with Gasteiger partial charge in [-0.25, -0.2) is 0 Å². The smallest absolute Gasteiger partial charge is 0.220 e. The maximum absolute atomic E-state index is 5.97. The second-order valence-electron chi connectivity index (χ2n) is 7.75. The Morgan fingerprint density at radius 3 is 2.23 bits per heavy atom. The molecule has 0 radical (unpaired) electrons. The first-order valence-electron chi connectivity index (χ1n) is 9.18. The highest BCUT2D eigenvalue weighted by Crippen LogP contribution is 2.26. The maximum Gasteiger partial charge on any atom is 0.220 e. The van der Waals surface area contributed by atoms with Gasteiger partial charge in [-0.05, 0) is 41.7 Å². The maximum atomic E-state index is 5.97. The predicted molar refractivity (Wildman–Crippen MR) is 104 cm³/mol. The van der Waals surface area contributed by atoms with Crippen LogP contribution >= 0.6 is 0 Å². The molecule has 3 nitrogen and oxygen atoms in total. The molecule has 1 heterocycles. The molecule has 0 bridgehead atoms. The summed E-state index contributed by atoms with van der Waals surface area (Å²) in [6.45, 7) is 9.19. The van der Waals surface area contributed by atoms with E-state index >= 15 is 0 Å². The molecule has 1 aliphatic rings. The number of rotatable bonds is 5. The van der Waals surface area contributed by atoms with Gasteiger partial charge in [0.05, 0.1) is 12.7 Å². The summed E-state index contributed by atoms with van der Waals surface area (Å²) in [7, 11) is 0. The summed E-state index contributed by atoms with van der Waals surface area (Å²) in [4.78, 5) is 0. The van der Waals surface area contributed by atoms with Crippen LogP contribution in [0.5, 0.6) is 5.75 Å². The summed E-state index contributed by atoms with van der Waals surface area (Å²) in [5.74, 6) is 0.809. The van der Waals surface area contributed by atoms with Crippen LogP contribution in [0.4, 0.5) is 0 Å². The van der Waals surface area contributed by atoms with Crippen molar-refractivity contribution in [3.05, 3.63) is 77.9 Å². The van der Waals surface area contributed by atoms with Crippen LogP contribution in [-0.4, -0.2) is 18.5 Å². The van der Waals surface area contributed by atoms with Gasteiger partial charge in [0.1, 0.15) is 11.9 Å². The largest absolute Gasteiger partial charge is 0.461 e. The van der Waals surface area contributed by atoms with Gasteiger partial charge < -0.3 is 14.2 Å². The molecule has 2 aromatic rings. The Labute approximate surface area is 156 Å². The zero-order valence-electron chi connectivity index (χ0n) is 16.0. The van der Waals surface area contributed by atoms with Crippen molar-refractivity contribution in [2.75, 3.05) is 0 Å². The van der Waals surface area contributed by atoms with Crippen LogP contribution < -0.4 is 4.74 Å². The molecule has 0 aromatic heterocycles. The number of hydrogen-bond donors (Lipinski definition) is 0. The molecule has 0 spiro atoms. The summed E-state index contributed by atoms with van der Waals surface area (Å²) in [6.07, 6.45) is 3.43. The van der Waals surface area contributed by atoms with Crippen molar-refractivity contribution in [2.45, 2.75) is 58.2 Å². The van der Waals surface area contributed by atoms with Gasteiger partial charge >= 0.3 is 0 Å². The van der Waals surface area contributed by atoms with Crippen molar-refractivity contribution in [3.63, 3.8) is 0 Å². The summed E-state index contributed by atoms with van der Waals surface area (Å²) < 4.78 is 17.9. The molecule has 1 aliphatic heterocycles. The minimum atomic E-state index is -0.387. The first-order valence-corrected chi connectivity index (χ1v) is 9.18. The van der Waals surface area contributed by atoms with Crippen LogP contribution in [0.3, 0.4) is 0 Å². The fourth-order valence-electron chi connectivity index (χ4n) is 2.88. The molecule has 0 amide bonds. The van der Waals surface area contributed by atoms with Crippen molar-refractivity contribution in [2.24, 2.45) is 0 Å². The highest BCUT2D eigenvalue weighted by atomic mass is 16.7. The zero-order chi connectivity index (χ0) is 18.6. The van der Waals surface area contributed by atoms with E-state index in [4.69, 9.17) is 14.2 Å². The lowest BCUT2D eigenvalue weighted by atomic mass is 9.87. The van der Waals surface area contributed by atoms with Crippen LogP contribution in [0.15, 0.2) is 66.7 Å². The normalized spacial score (nSPS) is 23.0. The standard InChI is InChI=1S/C23H28O3/c1-17-21(24-16-18-8-6-5-7-9-18)14-15-22(25-17)26-20-12-10-19(11-13-20)23(2,3)4/h5-15,17,21-22H,16H2,1-4H3/t17-,21+,22-/m0/s1. The fourth-order valence-corrected chi connectivity index (χ4v) is 2.88. The third-order valence-electron chi connectivity index (χ3n) is 4.53. The van der Waals surface area contributed by atoms with E-state index in [1.165, 1.54) is 5.56 Å². The molecule has 0 saturated carbocycles. The van der Waals surface area contributed by atoms with E-state index in [1.54, 1.807) is 0 Å². The first-order chi connectivity index (χ1) is 12.4. The first kappa shape index (κ1) is 18.7. The average molecular weight is 352 g/mol. The van der Waals surface area contributed by atoms with Crippen LogP contribution in [0.1, 0.15) is 38.8 Å². The van der Waals surface area contributed by atoms with Crippen LogP contribution in [0.25, 0.3) is 0 Å². The van der Waals surface area contributed by atoms with Crippen molar-refractivity contribution >= 4 is 0 Å². The van der Waals surface area contributed by atoms with Gasteiger partial charge in [0, 0.05) is 0 Å². The molecule has 0 aliphatic carbocycles. The van der Waals surface area contributed by atoms with Gasteiger partial charge in [-0.2, -0.15) is 0 Å². The number of ether oxygens (including phenoxy) is 3. The Bertz CT molecular complexity index is 713. The SMILES string of the molecule is C[C@@H]1O[C@@H](Oc2ccc(C(C)(C)C)cc2)C=C[C@H]1OCc1ccccc1. The number of benzene rings is 2. The van der Waals surface area contributed by atoms with Gasteiger partial charge in [-0.1, -0.05) is 69.3 Å². The monoisotopic (exact) mass is 352 g/mol. The Hall–Kier alpha value is -2.10. The molecule has 0 saturated heterocycles. The lowest BCUT2D eigenvalue weighted by molar-refractivity contribution is -0.137. The second kappa shape index (κ2) is 8.07.